The number of hydrogen-bond acceptors (Lipinski definition) is 3. The van der Waals surface area contributed by atoms with Crippen molar-refractivity contribution in [1.29, 1.82) is 0 Å². The van der Waals surface area contributed by atoms with Gasteiger partial charge in [-0.05, 0) is 26.0 Å². The van der Waals surface area contributed by atoms with E-state index in [-0.39, 0.29) is 11.8 Å². The molecule has 4 nitrogen and oxygen atoms in total. The fourth-order valence-electron chi connectivity index (χ4n) is 1.55. The van der Waals surface area contributed by atoms with E-state index in [4.69, 9.17) is 11.6 Å². The largest absolute Gasteiger partial charge is 0.317 e. The van der Waals surface area contributed by atoms with E-state index >= 15 is 0 Å². The average molecular weight is 251 g/mol. The van der Waals surface area contributed by atoms with Gasteiger partial charge in [0.25, 0.3) is 5.78 Å². The van der Waals surface area contributed by atoms with Crippen LogP contribution in [0, 0.1) is 0 Å². The van der Waals surface area contributed by atoms with Gasteiger partial charge in [-0.3, -0.25) is 9.59 Å². The molecule has 0 bridgehead atoms. The lowest BCUT2D eigenvalue weighted by molar-refractivity contribution is -0.140. The highest BCUT2D eigenvalue weighted by molar-refractivity contribution is 6.69. The lowest BCUT2D eigenvalue weighted by Crippen LogP contribution is -2.32. The Morgan fingerprint density at radius 1 is 1.18 bits per heavy atom. The van der Waals surface area contributed by atoms with Gasteiger partial charge in [-0.2, -0.15) is 5.10 Å². The second-order valence-electron chi connectivity index (χ2n) is 4.03. The quantitative estimate of drug-likeness (QED) is 0.753. The van der Waals surface area contributed by atoms with E-state index < -0.39 is 11.7 Å². The first-order chi connectivity index (χ1) is 8.00. The second kappa shape index (κ2) is 4.30. The minimum Gasteiger partial charge on any atom is -0.281 e. The van der Waals surface area contributed by atoms with Crippen molar-refractivity contribution in [2.24, 2.45) is 5.10 Å². The van der Waals surface area contributed by atoms with Gasteiger partial charge in [-0.1, -0.05) is 23.7 Å². The lowest BCUT2D eigenvalue weighted by atomic mass is 10.1. The van der Waals surface area contributed by atoms with E-state index in [2.05, 4.69) is 5.10 Å². The number of amides is 1. The highest BCUT2D eigenvalue weighted by Gasteiger charge is 2.35. The Morgan fingerprint density at radius 3 is 2.24 bits per heavy atom. The van der Waals surface area contributed by atoms with Crippen LogP contribution in [0.1, 0.15) is 19.4 Å². The number of halogens is 1. The average Bonchev–Trinajstić information content (AvgIpc) is 2.58. The smallest absolute Gasteiger partial charge is 0.281 e. The molecule has 0 saturated carbocycles. The van der Waals surface area contributed by atoms with Crippen LogP contribution in [0.2, 0.25) is 5.02 Å². The Bertz CT molecular complexity index is 506. The number of hydrogen-bond donors (Lipinski definition) is 0. The summed E-state index contributed by atoms with van der Waals surface area (Å²) in [6.45, 7) is 3.61. The highest BCUT2D eigenvalue weighted by Crippen LogP contribution is 2.17. The molecule has 0 atom stereocenters. The van der Waals surface area contributed by atoms with Crippen molar-refractivity contribution in [1.82, 2.24) is 5.01 Å². The molecular weight excluding hydrogens is 240 g/mol. The van der Waals surface area contributed by atoms with Crippen LogP contribution in [0.25, 0.3) is 0 Å². The molecule has 0 spiro atoms. The number of benzene rings is 1. The van der Waals surface area contributed by atoms with Crippen LogP contribution in [0.5, 0.6) is 0 Å². The van der Waals surface area contributed by atoms with Crippen LogP contribution in [0.3, 0.4) is 0 Å². The van der Waals surface area contributed by atoms with E-state index in [1.165, 1.54) is 5.01 Å². The Morgan fingerprint density at radius 2 is 1.76 bits per heavy atom. The Kier molecular flexibility index (Phi) is 2.98. The molecule has 1 aromatic carbocycles. The van der Waals surface area contributed by atoms with Gasteiger partial charge in [-0.25, -0.2) is 5.01 Å². The molecule has 5 heteroatoms. The van der Waals surface area contributed by atoms with Gasteiger partial charge in [-0.15, -0.1) is 0 Å². The Hall–Kier alpha value is -1.68. The topological polar surface area (TPSA) is 49.7 Å². The van der Waals surface area contributed by atoms with E-state index in [1.807, 2.05) is 0 Å². The van der Waals surface area contributed by atoms with Crippen molar-refractivity contribution in [2.75, 3.05) is 0 Å². The third-order valence-electron chi connectivity index (χ3n) is 2.43. The molecule has 1 aliphatic rings. The number of nitrogens with zero attached hydrogens (tertiary/aromatic N) is 2. The molecule has 1 aromatic rings. The second-order valence-corrected chi connectivity index (χ2v) is 4.46. The number of hydrazone groups is 1. The van der Waals surface area contributed by atoms with Gasteiger partial charge in [0.05, 0.1) is 6.04 Å². The van der Waals surface area contributed by atoms with Crippen LogP contribution in [-0.2, 0) is 9.59 Å². The molecule has 1 aliphatic heterocycles. The Labute approximate surface area is 104 Å². The molecule has 0 N–H and O–H groups in total. The first kappa shape index (κ1) is 11.8. The summed E-state index contributed by atoms with van der Waals surface area (Å²) in [4.78, 5) is 23.4. The maximum atomic E-state index is 11.8. The van der Waals surface area contributed by atoms with Gasteiger partial charge in [0.1, 0.15) is 5.71 Å². The van der Waals surface area contributed by atoms with E-state index in [0.29, 0.717) is 10.6 Å². The van der Waals surface area contributed by atoms with Gasteiger partial charge in [0, 0.05) is 10.6 Å². The molecular formula is C12H11ClN2O2. The zero-order valence-corrected chi connectivity index (χ0v) is 10.2. The molecule has 88 valence electrons. The summed E-state index contributed by atoms with van der Waals surface area (Å²) >= 11 is 5.76. The normalized spacial score (nSPS) is 15.8. The summed E-state index contributed by atoms with van der Waals surface area (Å²) < 4.78 is 0. The zero-order valence-electron chi connectivity index (χ0n) is 9.48. The Balaban J connectivity index is 2.39. The maximum absolute atomic E-state index is 11.8. The van der Waals surface area contributed by atoms with Crippen LogP contribution in [0.4, 0.5) is 0 Å². The van der Waals surface area contributed by atoms with Crippen LogP contribution >= 0.6 is 11.6 Å². The van der Waals surface area contributed by atoms with Crippen LogP contribution in [0.15, 0.2) is 29.4 Å². The number of ketones is 1. The third kappa shape index (κ3) is 2.08. The van der Waals surface area contributed by atoms with Gasteiger partial charge in [0.2, 0.25) is 0 Å². The molecule has 1 amide bonds. The van der Waals surface area contributed by atoms with Crippen molar-refractivity contribution >= 4 is 29.0 Å². The number of carbonyl (C=O) groups is 2. The molecule has 0 aliphatic carbocycles. The number of carbonyl (C=O) groups excluding carboxylic acids is 2. The summed E-state index contributed by atoms with van der Waals surface area (Å²) in [6, 6.07) is 6.55. The van der Waals surface area contributed by atoms with Crippen LogP contribution in [-0.4, -0.2) is 28.5 Å². The molecule has 1 heterocycles. The van der Waals surface area contributed by atoms with Crippen LogP contribution < -0.4 is 0 Å². The molecule has 0 radical (unpaired) electrons. The first-order valence-electron chi connectivity index (χ1n) is 5.23. The predicted octanol–water partition coefficient (Wildman–Crippen LogP) is 1.86. The molecule has 0 unspecified atom stereocenters. The summed E-state index contributed by atoms with van der Waals surface area (Å²) in [6.07, 6.45) is 0. The van der Waals surface area contributed by atoms with Crippen molar-refractivity contribution in [3.63, 3.8) is 0 Å². The molecule has 0 fully saturated rings. The summed E-state index contributed by atoms with van der Waals surface area (Å²) in [5.74, 6) is -1.15. The maximum Gasteiger partial charge on any atom is 0.317 e. The van der Waals surface area contributed by atoms with Crippen molar-refractivity contribution in [3.05, 3.63) is 34.9 Å². The van der Waals surface area contributed by atoms with Gasteiger partial charge < -0.3 is 0 Å². The van der Waals surface area contributed by atoms with E-state index in [0.717, 1.165) is 0 Å². The van der Waals surface area contributed by atoms with Gasteiger partial charge >= 0.3 is 5.91 Å². The minimum absolute atomic E-state index is 0.128. The SMILES string of the molecule is CC(C)N1N=C(c2ccc(Cl)cc2)C(=O)C1=O. The minimum atomic E-state index is -0.579. The number of rotatable bonds is 2. The van der Waals surface area contributed by atoms with Gasteiger partial charge in [0.15, 0.2) is 0 Å². The lowest BCUT2D eigenvalue weighted by Gasteiger charge is -2.14. The molecule has 0 saturated heterocycles. The van der Waals surface area contributed by atoms with Crippen molar-refractivity contribution in [3.8, 4) is 0 Å². The summed E-state index contributed by atoms with van der Waals surface area (Å²) in [5, 5.41) is 5.83. The first-order valence-corrected chi connectivity index (χ1v) is 5.61. The standard InChI is InChI=1S/C12H11ClN2O2/c1-7(2)15-12(17)11(16)10(14-15)8-3-5-9(13)6-4-8/h3-7H,1-2H3. The highest BCUT2D eigenvalue weighted by atomic mass is 35.5. The molecule has 0 aromatic heterocycles. The van der Waals surface area contributed by atoms with E-state index in [1.54, 1.807) is 38.1 Å². The fraction of sp³-hybridized carbons (Fsp3) is 0.250. The zero-order chi connectivity index (χ0) is 12.6. The number of Topliss-reactive ketones (excluding diaryl/α,β-unsaturated/α-hetero) is 1. The molecule has 2 rings (SSSR count). The van der Waals surface area contributed by atoms with Crippen molar-refractivity contribution < 1.29 is 9.59 Å². The summed E-state index contributed by atoms with van der Waals surface area (Å²) in [7, 11) is 0. The monoisotopic (exact) mass is 250 g/mol. The predicted molar refractivity (Wildman–Crippen MR) is 65.0 cm³/mol. The fourth-order valence-corrected chi connectivity index (χ4v) is 1.68. The summed E-state index contributed by atoms with van der Waals surface area (Å²) in [5.41, 5.74) is 0.788. The van der Waals surface area contributed by atoms with Crippen molar-refractivity contribution in [2.45, 2.75) is 19.9 Å². The van der Waals surface area contributed by atoms with E-state index in [9.17, 15) is 9.59 Å². The third-order valence-corrected chi connectivity index (χ3v) is 2.68. The molecule has 17 heavy (non-hydrogen) atoms.